The molecule has 0 aliphatic rings. The van der Waals surface area contributed by atoms with Gasteiger partial charge in [-0.05, 0) is 12.1 Å². The minimum Gasteiger partial charge on any atom is -0.378 e. The van der Waals surface area contributed by atoms with Gasteiger partial charge in [0, 0.05) is 41.1 Å². The summed E-state index contributed by atoms with van der Waals surface area (Å²) in [7, 11) is 11.4. The molecule has 0 heterocycles. The van der Waals surface area contributed by atoms with Gasteiger partial charge >= 0.3 is 0 Å². The van der Waals surface area contributed by atoms with Crippen molar-refractivity contribution in [1.82, 2.24) is 0 Å². The van der Waals surface area contributed by atoms with Crippen molar-refractivity contribution in [3.05, 3.63) is 30.3 Å². The van der Waals surface area contributed by atoms with Crippen LogP contribution in [-0.4, -0.2) is 18.3 Å². The fourth-order valence-corrected chi connectivity index (χ4v) is 0.726. The zero-order valence-corrected chi connectivity index (χ0v) is 9.73. The quantitative estimate of drug-likeness (QED) is 0.703. The van der Waals surface area contributed by atoms with E-state index in [1.54, 1.807) is 0 Å². The molecular weight excluding hydrogens is 229 g/mol. The molecule has 0 radical (unpaired) electrons. The summed E-state index contributed by atoms with van der Waals surface area (Å²) < 4.78 is 9.09. The first-order chi connectivity index (χ1) is 6.04. The number of halogens is 2. The first-order valence-corrected chi connectivity index (χ1v) is 6.31. The second-order valence-electron chi connectivity index (χ2n) is 2.41. The van der Waals surface area contributed by atoms with Crippen molar-refractivity contribution in [2.45, 2.75) is 0 Å². The molecule has 0 unspecified atom stereocenters. The Kier molecular flexibility index (Phi) is 7.04. The summed E-state index contributed by atoms with van der Waals surface area (Å²) >= 11 is 0. The van der Waals surface area contributed by atoms with E-state index in [4.69, 9.17) is 4.21 Å². The zero-order chi connectivity index (χ0) is 10.3. The lowest BCUT2D eigenvalue weighted by molar-refractivity contribution is 0.698. The fraction of sp³-hybridized carbons (Fsp3) is 0.250. The van der Waals surface area contributed by atoms with Crippen molar-refractivity contribution < 1.29 is 4.21 Å². The molecule has 1 aromatic rings. The number of benzene rings is 1. The molecule has 74 valence electrons. The highest BCUT2D eigenvalue weighted by Gasteiger charge is 1.87. The topological polar surface area (TPSA) is 20.3 Å². The summed E-state index contributed by atoms with van der Waals surface area (Å²) in [6.45, 7) is 0. The second-order valence-corrected chi connectivity index (χ2v) is 4.94. The summed E-state index contributed by atoms with van der Waals surface area (Å²) in [6, 6.07) is 10.3. The van der Waals surface area contributed by atoms with Crippen LogP contribution in [0, 0.1) is 0 Å². The molecule has 0 fully saturated rings. The van der Waals surface area contributed by atoms with Gasteiger partial charge in [-0.1, -0.05) is 18.2 Å². The van der Waals surface area contributed by atoms with Crippen LogP contribution in [0.15, 0.2) is 30.3 Å². The Bertz CT molecular complexity index is 250. The summed E-state index contributed by atoms with van der Waals surface area (Å²) in [5, 5.41) is 0. The van der Waals surface area contributed by atoms with Gasteiger partial charge in [-0.15, -0.1) is 0 Å². The molecule has 1 rings (SSSR count). The molecule has 0 N–H and O–H groups in total. The number of rotatable bonds is 1. The maximum Gasteiger partial charge on any atom is 0.211 e. The van der Waals surface area contributed by atoms with Gasteiger partial charge in [-0.2, -0.15) is 0 Å². The van der Waals surface area contributed by atoms with Gasteiger partial charge in [-0.25, -0.2) is 4.21 Å². The van der Waals surface area contributed by atoms with Crippen LogP contribution in [0.4, 0.5) is 5.69 Å². The Hall–Kier alpha value is -0.250. The van der Waals surface area contributed by atoms with E-state index in [1.807, 2.05) is 32.3 Å². The van der Waals surface area contributed by atoms with E-state index in [-0.39, 0.29) is 0 Å². The molecule has 0 amide bonds. The lowest BCUT2D eigenvalue weighted by Crippen LogP contribution is -2.07. The van der Waals surface area contributed by atoms with Crippen LogP contribution in [-0.2, 0) is 9.23 Å². The highest BCUT2D eigenvalue weighted by molar-refractivity contribution is 8.26. The molecule has 0 aromatic heterocycles. The number of para-hydroxylation sites is 1. The summed E-state index contributed by atoms with van der Waals surface area (Å²) in [5.41, 5.74) is 1.25. The fourth-order valence-electron chi connectivity index (χ4n) is 0.726. The monoisotopic (exact) mass is 239 g/mol. The lowest BCUT2D eigenvalue weighted by Gasteiger charge is -2.10. The average molecular weight is 240 g/mol. The molecule has 2 nitrogen and oxygen atoms in total. The highest BCUT2D eigenvalue weighted by Crippen LogP contribution is 2.07. The third-order valence-electron chi connectivity index (χ3n) is 1.27. The molecule has 0 saturated heterocycles. The highest BCUT2D eigenvalue weighted by atomic mass is 36.0. The largest absolute Gasteiger partial charge is 0.378 e. The van der Waals surface area contributed by atoms with Crippen LogP contribution in [0.1, 0.15) is 0 Å². The van der Waals surface area contributed by atoms with Gasteiger partial charge in [0.2, 0.25) is 9.23 Å². The first-order valence-electron chi connectivity index (χ1n) is 3.50. The van der Waals surface area contributed by atoms with Crippen LogP contribution < -0.4 is 4.90 Å². The van der Waals surface area contributed by atoms with Gasteiger partial charge in [0.1, 0.15) is 0 Å². The van der Waals surface area contributed by atoms with E-state index < -0.39 is 9.23 Å². The van der Waals surface area contributed by atoms with Crippen molar-refractivity contribution in [1.29, 1.82) is 0 Å². The van der Waals surface area contributed by atoms with E-state index in [2.05, 4.69) is 38.4 Å². The molecule has 1 aromatic carbocycles. The molecule has 0 saturated carbocycles. The second kappa shape index (κ2) is 7.18. The molecular formula is C8H11Cl2NOS. The van der Waals surface area contributed by atoms with Crippen LogP contribution >= 0.6 is 21.4 Å². The van der Waals surface area contributed by atoms with Crippen molar-refractivity contribution >= 4 is 36.3 Å². The first kappa shape index (κ1) is 12.8. The molecule has 13 heavy (non-hydrogen) atoms. The van der Waals surface area contributed by atoms with Crippen LogP contribution in [0.5, 0.6) is 0 Å². The SMILES string of the molecule is CN(C)c1ccccc1.O=S(Cl)Cl. The van der Waals surface area contributed by atoms with Crippen molar-refractivity contribution in [3.63, 3.8) is 0 Å². The minimum atomic E-state index is -1.67. The van der Waals surface area contributed by atoms with Crippen molar-refractivity contribution in [2.75, 3.05) is 19.0 Å². The van der Waals surface area contributed by atoms with Crippen molar-refractivity contribution in [2.24, 2.45) is 0 Å². The van der Waals surface area contributed by atoms with Crippen LogP contribution in [0.3, 0.4) is 0 Å². The molecule has 0 aliphatic heterocycles. The Morgan fingerprint density at radius 1 is 1.15 bits per heavy atom. The van der Waals surface area contributed by atoms with Gasteiger partial charge in [0.15, 0.2) is 0 Å². The van der Waals surface area contributed by atoms with E-state index in [9.17, 15) is 0 Å². The molecule has 0 spiro atoms. The molecule has 5 heteroatoms. The predicted octanol–water partition coefficient (Wildman–Crippen LogP) is 2.80. The summed E-state index contributed by atoms with van der Waals surface area (Å²) in [4.78, 5) is 2.08. The van der Waals surface area contributed by atoms with E-state index in [0.717, 1.165) is 0 Å². The van der Waals surface area contributed by atoms with Gasteiger partial charge < -0.3 is 4.90 Å². The smallest absolute Gasteiger partial charge is 0.211 e. The Morgan fingerprint density at radius 2 is 1.54 bits per heavy atom. The van der Waals surface area contributed by atoms with Crippen LogP contribution in [0.2, 0.25) is 0 Å². The van der Waals surface area contributed by atoms with Crippen LogP contribution in [0.25, 0.3) is 0 Å². The predicted molar refractivity (Wildman–Crippen MR) is 60.6 cm³/mol. The standard InChI is InChI=1S/C8H11N.Cl2OS/c1-9(2)8-6-4-3-5-7-8;1-4(2)3/h3-7H,1-2H3;. The van der Waals surface area contributed by atoms with E-state index in [1.165, 1.54) is 5.69 Å². The zero-order valence-electron chi connectivity index (χ0n) is 7.41. The molecule has 0 bridgehead atoms. The van der Waals surface area contributed by atoms with Gasteiger partial charge in [0.05, 0.1) is 0 Å². The minimum absolute atomic E-state index is 1.25. The van der Waals surface area contributed by atoms with Gasteiger partial charge in [-0.3, -0.25) is 0 Å². The summed E-state index contributed by atoms with van der Waals surface area (Å²) in [6.07, 6.45) is 0. The van der Waals surface area contributed by atoms with E-state index in [0.29, 0.717) is 0 Å². The number of nitrogens with zero attached hydrogens (tertiary/aromatic N) is 1. The number of hydrogen-bond donors (Lipinski definition) is 0. The molecule has 0 atom stereocenters. The number of hydrogen-bond acceptors (Lipinski definition) is 2. The van der Waals surface area contributed by atoms with Gasteiger partial charge in [0.25, 0.3) is 0 Å². The normalized spacial score (nSPS) is 9.00. The van der Waals surface area contributed by atoms with E-state index >= 15 is 0 Å². The Morgan fingerprint density at radius 3 is 1.77 bits per heavy atom. The molecule has 0 aliphatic carbocycles. The third kappa shape index (κ3) is 8.09. The van der Waals surface area contributed by atoms with Crippen molar-refractivity contribution in [3.8, 4) is 0 Å². The Balaban J connectivity index is 0.000000310. The average Bonchev–Trinajstić information content (AvgIpc) is 2.05. The number of anilines is 1. The Labute approximate surface area is 89.9 Å². The maximum absolute atomic E-state index is 9.09. The third-order valence-corrected chi connectivity index (χ3v) is 1.27. The lowest BCUT2D eigenvalue weighted by atomic mass is 10.3. The maximum atomic E-state index is 9.09. The summed E-state index contributed by atoms with van der Waals surface area (Å²) in [5.74, 6) is 0.